The largest absolute Gasteiger partial charge is 0.329 e. The Morgan fingerprint density at radius 3 is 2.88 bits per heavy atom. The summed E-state index contributed by atoms with van der Waals surface area (Å²) in [7, 11) is 0. The molecular formula is C13H26N2S. The van der Waals surface area contributed by atoms with Crippen LogP contribution >= 0.6 is 11.8 Å². The minimum absolute atomic E-state index is 0.331. The second-order valence-electron chi connectivity index (χ2n) is 5.75. The average Bonchev–Trinajstić information content (AvgIpc) is 2.29. The number of nitrogens with two attached hydrogens (primary N) is 1. The molecule has 0 radical (unpaired) electrons. The second kappa shape index (κ2) is 5.28. The summed E-state index contributed by atoms with van der Waals surface area (Å²) >= 11 is 2.10. The molecule has 0 aromatic rings. The lowest BCUT2D eigenvalue weighted by Crippen LogP contribution is -2.61. The van der Waals surface area contributed by atoms with Crippen LogP contribution in [0.1, 0.15) is 39.5 Å². The van der Waals surface area contributed by atoms with Crippen LogP contribution < -0.4 is 5.73 Å². The molecule has 3 atom stereocenters. The predicted octanol–water partition coefficient (Wildman–Crippen LogP) is 2.33. The van der Waals surface area contributed by atoms with E-state index in [1.807, 2.05) is 0 Å². The second-order valence-corrected chi connectivity index (χ2v) is 6.90. The van der Waals surface area contributed by atoms with Gasteiger partial charge in [0, 0.05) is 36.2 Å². The molecule has 2 aliphatic rings. The van der Waals surface area contributed by atoms with Gasteiger partial charge in [0.15, 0.2) is 0 Å². The SMILES string of the molecule is CC1CCCC(CN)(N2CCSCC2C)C1. The fourth-order valence-corrected chi connectivity index (χ4v) is 4.64. The van der Waals surface area contributed by atoms with E-state index in [1.165, 1.54) is 43.7 Å². The maximum atomic E-state index is 6.15. The highest BCUT2D eigenvalue weighted by molar-refractivity contribution is 7.99. The third kappa shape index (κ3) is 2.41. The summed E-state index contributed by atoms with van der Waals surface area (Å²) in [6.45, 7) is 6.87. The molecule has 1 aliphatic carbocycles. The highest BCUT2D eigenvalue weighted by Gasteiger charge is 2.41. The third-order valence-electron chi connectivity index (χ3n) is 4.42. The zero-order valence-electron chi connectivity index (χ0n) is 10.7. The maximum Gasteiger partial charge on any atom is 0.0337 e. The Labute approximate surface area is 104 Å². The van der Waals surface area contributed by atoms with E-state index in [2.05, 4.69) is 30.5 Å². The number of thioether (sulfide) groups is 1. The van der Waals surface area contributed by atoms with Crippen molar-refractivity contribution in [2.75, 3.05) is 24.6 Å². The van der Waals surface area contributed by atoms with Gasteiger partial charge in [-0.25, -0.2) is 0 Å². The van der Waals surface area contributed by atoms with Crippen LogP contribution in [0.25, 0.3) is 0 Å². The van der Waals surface area contributed by atoms with E-state index in [9.17, 15) is 0 Å². The molecule has 94 valence electrons. The summed E-state index contributed by atoms with van der Waals surface area (Å²) in [6, 6.07) is 0.715. The van der Waals surface area contributed by atoms with E-state index in [4.69, 9.17) is 5.73 Å². The molecule has 16 heavy (non-hydrogen) atoms. The first-order valence-electron chi connectivity index (χ1n) is 6.72. The van der Waals surface area contributed by atoms with E-state index >= 15 is 0 Å². The number of rotatable bonds is 2. The van der Waals surface area contributed by atoms with Crippen molar-refractivity contribution in [1.29, 1.82) is 0 Å². The summed E-state index contributed by atoms with van der Waals surface area (Å²) in [5.74, 6) is 3.44. The van der Waals surface area contributed by atoms with Gasteiger partial charge in [0.25, 0.3) is 0 Å². The lowest BCUT2D eigenvalue weighted by molar-refractivity contribution is 0.0191. The molecule has 0 amide bonds. The van der Waals surface area contributed by atoms with Crippen LogP contribution in [0.15, 0.2) is 0 Å². The van der Waals surface area contributed by atoms with Crippen molar-refractivity contribution in [3.63, 3.8) is 0 Å². The highest BCUT2D eigenvalue weighted by atomic mass is 32.2. The number of hydrogen-bond donors (Lipinski definition) is 1. The first-order chi connectivity index (χ1) is 7.68. The molecule has 2 N–H and O–H groups in total. The molecule has 1 saturated carbocycles. The minimum Gasteiger partial charge on any atom is -0.329 e. The number of hydrogen-bond acceptors (Lipinski definition) is 3. The summed E-state index contributed by atoms with van der Waals surface area (Å²) in [4.78, 5) is 2.74. The molecular weight excluding hydrogens is 216 g/mol. The van der Waals surface area contributed by atoms with Gasteiger partial charge < -0.3 is 5.73 Å². The van der Waals surface area contributed by atoms with Crippen molar-refractivity contribution in [2.45, 2.75) is 51.1 Å². The smallest absolute Gasteiger partial charge is 0.0337 e. The lowest BCUT2D eigenvalue weighted by Gasteiger charge is -2.52. The van der Waals surface area contributed by atoms with Gasteiger partial charge >= 0.3 is 0 Å². The quantitative estimate of drug-likeness (QED) is 0.806. The summed E-state index contributed by atoms with van der Waals surface area (Å²) in [5, 5.41) is 0. The van der Waals surface area contributed by atoms with Crippen LogP contribution in [-0.2, 0) is 0 Å². The van der Waals surface area contributed by atoms with Gasteiger partial charge in [-0.15, -0.1) is 0 Å². The number of nitrogens with zero attached hydrogens (tertiary/aromatic N) is 1. The van der Waals surface area contributed by atoms with Crippen molar-refractivity contribution in [3.05, 3.63) is 0 Å². The fraction of sp³-hybridized carbons (Fsp3) is 1.00. The molecule has 1 aliphatic heterocycles. The van der Waals surface area contributed by atoms with Crippen LogP contribution in [0, 0.1) is 5.92 Å². The molecule has 0 bridgehead atoms. The minimum atomic E-state index is 0.331. The molecule has 1 saturated heterocycles. The van der Waals surface area contributed by atoms with Crippen LogP contribution in [-0.4, -0.2) is 41.1 Å². The molecule has 2 nitrogen and oxygen atoms in total. The Morgan fingerprint density at radius 1 is 1.44 bits per heavy atom. The first kappa shape index (κ1) is 12.7. The lowest BCUT2D eigenvalue weighted by atomic mass is 9.74. The zero-order chi connectivity index (χ0) is 11.6. The van der Waals surface area contributed by atoms with Crippen LogP contribution in [0.3, 0.4) is 0 Å². The van der Waals surface area contributed by atoms with Crippen molar-refractivity contribution in [3.8, 4) is 0 Å². The van der Waals surface area contributed by atoms with Gasteiger partial charge in [-0.2, -0.15) is 11.8 Å². The van der Waals surface area contributed by atoms with Crippen molar-refractivity contribution in [1.82, 2.24) is 4.90 Å². The first-order valence-corrected chi connectivity index (χ1v) is 7.88. The standard InChI is InChI=1S/C13H26N2S/c1-11-4-3-5-13(8-11,10-14)15-6-7-16-9-12(15)2/h11-12H,3-10,14H2,1-2H3. The molecule has 3 unspecified atom stereocenters. The normalized spacial score (nSPS) is 42.2. The van der Waals surface area contributed by atoms with Crippen molar-refractivity contribution in [2.24, 2.45) is 11.7 Å². The van der Waals surface area contributed by atoms with Crippen molar-refractivity contribution < 1.29 is 0 Å². The van der Waals surface area contributed by atoms with E-state index in [1.54, 1.807) is 0 Å². The van der Waals surface area contributed by atoms with Crippen LogP contribution in [0.4, 0.5) is 0 Å². The molecule has 2 rings (SSSR count). The highest BCUT2D eigenvalue weighted by Crippen LogP contribution is 2.38. The molecule has 0 spiro atoms. The summed E-state index contributed by atoms with van der Waals surface area (Å²) in [5.41, 5.74) is 6.48. The summed E-state index contributed by atoms with van der Waals surface area (Å²) < 4.78 is 0. The predicted molar refractivity (Wildman–Crippen MR) is 72.9 cm³/mol. The Hall–Kier alpha value is 0.270. The van der Waals surface area contributed by atoms with Gasteiger partial charge in [-0.05, 0) is 25.7 Å². The molecule has 2 fully saturated rings. The Bertz CT molecular complexity index is 234. The van der Waals surface area contributed by atoms with E-state index in [-0.39, 0.29) is 0 Å². The average molecular weight is 242 g/mol. The van der Waals surface area contributed by atoms with Gasteiger partial charge in [0.2, 0.25) is 0 Å². The molecule has 0 aromatic heterocycles. The Balaban J connectivity index is 2.12. The molecule has 0 aromatic carbocycles. The van der Waals surface area contributed by atoms with Gasteiger partial charge in [-0.3, -0.25) is 4.90 Å². The van der Waals surface area contributed by atoms with Crippen LogP contribution in [0.5, 0.6) is 0 Å². The van der Waals surface area contributed by atoms with Crippen LogP contribution in [0.2, 0.25) is 0 Å². The third-order valence-corrected chi connectivity index (χ3v) is 5.61. The van der Waals surface area contributed by atoms with Crippen molar-refractivity contribution >= 4 is 11.8 Å². The topological polar surface area (TPSA) is 29.3 Å². The van der Waals surface area contributed by atoms with Gasteiger partial charge in [-0.1, -0.05) is 19.8 Å². The zero-order valence-corrected chi connectivity index (χ0v) is 11.6. The maximum absolute atomic E-state index is 6.15. The monoisotopic (exact) mass is 242 g/mol. The van der Waals surface area contributed by atoms with Gasteiger partial charge in [0.1, 0.15) is 0 Å². The van der Waals surface area contributed by atoms with E-state index in [0.29, 0.717) is 11.6 Å². The Kier molecular flexibility index (Phi) is 4.20. The summed E-state index contributed by atoms with van der Waals surface area (Å²) in [6.07, 6.45) is 5.41. The fourth-order valence-electron chi connectivity index (χ4n) is 3.63. The Morgan fingerprint density at radius 2 is 2.25 bits per heavy atom. The molecule has 3 heteroatoms. The molecule has 1 heterocycles. The van der Waals surface area contributed by atoms with Gasteiger partial charge in [0.05, 0.1) is 0 Å². The van der Waals surface area contributed by atoms with E-state index < -0.39 is 0 Å². The van der Waals surface area contributed by atoms with E-state index in [0.717, 1.165) is 12.5 Å².